The van der Waals surface area contributed by atoms with Crippen LogP contribution in [-0.2, 0) is 4.79 Å². The van der Waals surface area contributed by atoms with Crippen molar-refractivity contribution >= 4 is 29.3 Å². The van der Waals surface area contributed by atoms with E-state index in [0.717, 1.165) is 11.3 Å². The second-order valence-corrected chi connectivity index (χ2v) is 5.79. The van der Waals surface area contributed by atoms with E-state index in [2.05, 4.69) is 10.2 Å². The highest BCUT2D eigenvalue weighted by Gasteiger charge is 2.16. The van der Waals surface area contributed by atoms with Gasteiger partial charge in [0, 0.05) is 5.02 Å². The van der Waals surface area contributed by atoms with Gasteiger partial charge in [-0.1, -0.05) is 29.4 Å². The number of aryl methyl sites for hydroxylation is 1. The van der Waals surface area contributed by atoms with Gasteiger partial charge in [-0.15, -0.1) is 10.2 Å². The molecule has 7 heteroatoms. The predicted molar refractivity (Wildman–Crippen MR) is 75.6 cm³/mol. The SMILES string of the molecule is Cc1ccc(-n2cnnc2SC(C)C(N)=O)cc1Cl. The molecule has 0 saturated carbocycles. The molecule has 2 rings (SSSR count). The summed E-state index contributed by atoms with van der Waals surface area (Å²) in [6.45, 7) is 3.66. The fourth-order valence-electron chi connectivity index (χ4n) is 1.43. The minimum absolute atomic E-state index is 0.371. The minimum Gasteiger partial charge on any atom is -0.369 e. The number of rotatable bonds is 4. The van der Waals surface area contributed by atoms with Crippen molar-refractivity contribution in [2.45, 2.75) is 24.3 Å². The molecular formula is C12H13ClN4OS. The second-order valence-electron chi connectivity index (χ2n) is 4.08. The van der Waals surface area contributed by atoms with Crippen LogP contribution in [0.1, 0.15) is 12.5 Å². The highest BCUT2D eigenvalue weighted by molar-refractivity contribution is 8.00. The molecule has 0 aliphatic heterocycles. The summed E-state index contributed by atoms with van der Waals surface area (Å²) >= 11 is 7.37. The molecular weight excluding hydrogens is 284 g/mol. The van der Waals surface area contributed by atoms with Crippen LogP contribution in [0.2, 0.25) is 5.02 Å². The third-order valence-electron chi connectivity index (χ3n) is 2.63. The molecule has 0 bridgehead atoms. The Kier molecular flexibility index (Phi) is 4.11. The molecule has 100 valence electrons. The highest BCUT2D eigenvalue weighted by Crippen LogP contribution is 2.25. The number of amides is 1. The van der Waals surface area contributed by atoms with Crippen molar-refractivity contribution < 1.29 is 4.79 Å². The third kappa shape index (κ3) is 3.08. The number of carbonyl (C=O) groups is 1. The van der Waals surface area contributed by atoms with Crippen LogP contribution < -0.4 is 5.73 Å². The minimum atomic E-state index is -0.388. The fourth-order valence-corrected chi connectivity index (χ4v) is 2.40. The first-order chi connectivity index (χ1) is 8.99. The number of primary amides is 1. The zero-order chi connectivity index (χ0) is 14.0. The lowest BCUT2D eigenvalue weighted by Crippen LogP contribution is -2.22. The number of carbonyl (C=O) groups excluding carboxylic acids is 1. The van der Waals surface area contributed by atoms with Gasteiger partial charge >= 0.3 is 0 Å². The molecule has 1 aromatic carbocycles. The molecule has 5 nitrogen and oxygen atoms in total. The van der Waals surface area contributed by atoms with E-state index >= 15 is 0 Å². The standard InChI is InChI=1S/C12H13ClN4OS/c1-7-3-4-9(5-10(7)13)17-6-15-16-12(17)19-8(2)11(14)18/h3-6,8H,1-2H3,(H2,14,18). The predicted octanol–water partition coefficient (Wildman–Crippen LogP) is 2.20. The van der Waals surface area contributed by atoms with Gasteiger partial charge in [-0.3, -0.25) is 9.36 Å². The normalized spacial score (nSPS) is 12.4. The summed E-state index contributed by atoms with van der Waals surface area (Å²) in [6, 6.07) is 5.67. The van der Waals surface area contributed by atoms with Crippen LogP contribution in [0.25, 0.3) is 5.69 Å². The van der Waals surface area contributed by atoms with Crippen molar-refractivity contribution in [3.05, 3.63) is 35.1 Å². The number of aromatic nitrogens is 3. The van der Waals surface area contributed by atoms with Crippen molar-refractivity contribution in [2.24, 2.45) is 5.73 Å². The lowest BCUT2D eigenvalue weighted by Gasteiger charge is -2.09. The van der Waals surface area contributed by atoms with Gasteiger partial charge in [0.1, 0.15) is 6.33 Å². The summed E-state index contributed by atoms with van der Waals surface area (Å²) < 4.78 is 1.77. The smallest absolute Gasteiger partial charge is 0.230 e. The lowest BCUT2D eigenvalue weighted by molar-refractivity contribution is -0.117. The molecule has 2 aromatic rings. The molecule has 1 unspecified atom stereocenters. The van der Waals surface area contributed by atoms with Crippen LogP contribution in [0.5, 0.6) is 0 Å². The van der Waals surface area contributed by atoms with E-state index in [1.807, 2.05) is 25.1 Å². The van der Waals surface area contributed by atoms with Crippen LogP contribution in [0.15, 0.2) is 29.7 Å². The van der Waals surface area contributed by atoms with E-state index in [1.54, 1.807) is 17.8 Å². The molecule has 1 atom stereocenters. The zero-order valence-electron chi connectivity index (χ0n) is 10.5. The maximum atomic E-state index is 11.1. The average molecular weight is 297 g/mol. The summed E-state index contributed by atoms with van der Waals surface area (Å²) in [7, 11) is 0. The molecule has 1 amide bonds. The van der Waals surface area contributed by atoms with Crippen molar-refractivity contribution in [1.82, 2.24) is 14.8 Å². The van der Waals surface area contributed by atoms with Crippen LogP contribution >= 0.6 is 23.4 Å². The van der Waals surface area contributed by atoms with Gasteiger partial charge in [0.15, 0.2) is 5.16 Å². The van der Waals surface area contributed by atoms with E-state index in [-0.39, 0.29) is 11.2 Å². The molecule has 0 aliphatic rings. The van der Waals surface area contributed by atoms with Crippen molar-refractivity contribution in [1.29, 1.82) is 0 Å². The van der Waals surface area contributed by atoms with E-state index in [4.69, 9.17) is 17.3 Å². The summed E-state index contributed by atoms with van der Waals surface area (Å²) in [5.41, 5.74) is 7.09. The van der Waals surface area contributed by atoms with Gasteiger partial charge in [0.05, 0.1) is 10.9 Å². The number of benzene rings is 1. The Hall–Kier alpha value is -1.53. The number of hydrogen-bond donors (Lipinski definition) is 1. The van der Waals surface area contributed by atoms with Gasteiger partial charge in [-0.05, 0) is 31.5 Å². The van der Waals surface area contributed by atoms with E-state index in [0.29, 0.717) is 10.2 Å². The Morgan fingerprint density at radius 1 is 1.53 bits per heavy atom. The van der Waals surface area contributed by atoms with Gasteiger partial charge in [-0.25, -0.2) is 0 Å². The quantitative estimate of drug-likeness (QED) is 0.878. The van der Waals surface area contributed by atoms with Crippen molar-refractivity contribution in [2.75, 3.05) is 0 Å². The number of hydrogen-bond acceptors (Lipinski definition) is 4. The maximum absolute atomic E-state index is 11.1. The van der Waals surface area contributed by atoms with Crippen LogP contribution in [-0.4, -0.2) is 25.9 Å². The Bertz CT molecular complexity index is 614. The topological polar surface area (TPSA) is 73.8 Å². The Morgan fingerprint density at radius 3 is 2.89 bits per heavy atom. The fraction of sp³-hybridized carbons (Fsp3) is 0.250. The highest BCUT2D eigenvalue weighted by atomic mass is 35.5. The molecule has 19 heavy (non-hydrogen) atoms. The Balaban J connectivity index is 2.33. The van der Waals surface area contributed by atoms with E-state index in [1.165, 1.54) is 11.8 Å². The zero-order valence-corrected chi connectivity index (χ0v) is 12.1. The van der Waals surface area contributed by atoms with Gasteiger partial charge in [0.25, 0.3) is 0 Å². The number of halogens is 1. The first-order valence-corrected chi connectivity index (χ1v) is 6.87. The molecule has 0 radical (unpaired) electrons. The van der Waals surface area contributed by atoms with Crippen LogP contribution in [0.4, 0.5) is 0 Å². The largest absolute Gasteiger partial charge is 0.369 e. The first kappa shape index (κ1) is 13.9. The van der Waals surface area contributed by atoms with Gasteiger partial charge in [-0.2, -0.15) is 0 Å². The molecule has 0 fully saturated rings. The average Bonchev–Trinajstić information content (AvgIpc) is 2.80. The third-order valence-corrected chi connectivity index (χ3v) is 4.12. The summed E-state index contributed by atoms with van der Waals surface area (Å²) in [4.78, 5) is 11.1. The molecule has 1 aromatic heterocycles. The maximum Gasteiger partial charge on any atom is 0.230 e. The summed E-state index contributed by atoms with van der Waals surface area (Å²) in [5.74, 6) is -0.388. The molecule has 2 N–H and O–H groups in total. The number of nitrogens with two attached hydrogens (primary N) is 1. The number of thioether (sulfide) groups is 1. The Labute approximate surface area is 120 Å². The monoisotopic (exact) mass is 296 g/mol. The van der Waals surface area contributed by atoms with Gasteiger partial charge in [0.2, 0.25) is 5.91 Å². The Morgan fingerprint density at radius 2 is 2.26 bits per heavy atom. The summed E-state index contributed by atoms with van der Waals surface area (Å²) in [6.07, 6.45) is 1.58. The van der Waals surface area contributed by atoms with E-state index < -0.39 is 0 Å². The first-order valence-electron chi connectivity index (χ1n) is 5.61. The van der Waals surface area contributed by atoms with Gasteiger partial charge < -0.3 is 5.73 Å². The molecule has 0 saturated heterocycles. The summed E-state index contributed by atoms with van der Waals surface area (Å²) in [5, 5.41) is 8.75. The van der Waals surface area contributed by atoms with Crippen molar-refractivity contribution in [3.63, 3.8) is 0 Å². The second kappa shape index (κ2) is 5.63. The van der Waals surface area contributed by atoms with Crippen LogP contribution in [0.3, 0.4) is 0 Å². The van der Waals surface area contributed by atoms with Crippen LogP contribution in [0, 0.1) is 6.92 Å². The van der Waals surface area contributed by atoms with Crippen molar-refractivity contribution in [3.8, 4) is 5.69 Å². The lowest BCUT2D eigenvalue weighted by atomic mass is 10.2. The number of nitrogens with zero attached hydrogens (tertiary/aromatic N) is 3. The molecule has 1 heterocycles. The molecule has 0 spiro atoms. The van der Waals surface area contributed by atoms with E-state index in [9.17, 15) is 4.79 Å². The molecule has 0 aliphatic carbocycles.